The highest BCUT2D eigenvalue weighted by Gasteiger charge is 2.11. The Hall–Kier alpha value is -3.26. The van der Waals surface area contributed by atoms with Crippen molar-refractivity contribution in [2.75, 3.05) is 14.1 Å². The van der Waals surface area contributed by atoms with Crippen molar-refractivity contribution in [2.24, 2.45) is 0 Å². The molecule has 0 aliphatic rings. The maximum Gasteiger partial charge on any atom is 0.253 e. The summed E-state index contributed by atoms with van der Waals surface area (Å²) in [6, 6.07) is 15.2. The highest BCUT2D eigenvalue weighted by molar-refractivity contribution is 7.71. The predicted octanol–water partition coefficient (Wildman–Crippen LogP) is 3.32. The molecule has 30 heavy (non-hydrogen) atoms. The zero-order valence-electron chi connectivity index (χ0n) is 17.3. The van der Waals surface area contributed by atoms with E-state index >= 15 is 0 Å². The van der Waals surface area contributed by atoms with Gasteiger partial charge in [0.2, 0.25) is 5.91 Å². The van der Waals surface area contributed by atoms with E-state index in [1.807, 2.05) is 47.9 Å². The van der Waals surface area contributed by atoms with E-state index in [0.29, 0.717) is 23.4 Å². The van der Waals surface area contributed by atoms with Crippen molar-refractivity contribution in [3.8, 4) is 11.4 Å². The number of aryl methyl sites for hydroxylation is 1. The fourth-order valence-electron chi connectivity index (χ4n) is 3.06. The molecular weight excluding hydrogens is 398 g/mol. The molecule has 0 unspecified atom stereocenters. The number of aromatic nitrogens is 3. The van der Waals surface area contributed by atoms with Crippen molar-refractivity contribution in [1.82, 2.24) is 25.0 Å². The van der Waals surface area contributed by atoms with E-state index in [9.17, 15) is 9.59 Å². The minimum absolute atomic E-state index is 0.0492. The zero-order chi connectivity index (χ0) is 21.7. The lowest BCUT2D eigenvalue weighted by molar-refractivity contribution is -0.121. The standard InChI is InChI=1S/C22H25N5O2S/c1-15-5-4-6-18(13-15)20-24-25-22(30)27(20)12-11-19(28)23-14-16-7-9-17(10-8-16)21(29)26(2)3/h4-10,13H,11-12,14H2,1-3H3,(H,23,28)(H,25,30). The molecule has 2 N–H and O–H groups in total. The molecule has 0 aliphatic carbocycles. The molecule has 1 heterocycles. The number of carbonyl (C=O) groups is 2. The van der Waals surface area contributed by atoms with Gasteiger partial charge < -0.3 is 10.2 Å². The van der Waals surface area contributed by atoms with Crippen LogP contribution < -0.4 is 5.32 Å². The Balaban J connectivity index is 1.58. The van der Waals surface area contributed by atoms with Crippen molar-refractivity contribution in [2.45, 2.75) is 26.4 Å². The number of carbonyl (C=O) groups excluding carboxylic acids is 2. The summed E-state index contributed by atoms with van der Waals surface area (Å²) in [5, 5.41) is 10.0. The molecule has 0 atom stereocenters. The molecule has 156 valence electrons. The molecule has 0 saturated carbocycles. The molecule has 3 aromatic rings. The number of nitrogens with zero attached hydrogens (tertiary/aromatic N) is 3. The van der Waals surface area contributed by atoms with Gasteiger partial charge in [0.25, 0.3) is 5.91 Å². The van der Waals surface area contributed by atoms with Crippen LogP contribution in [0.15, 0.2) is 48.5 Å². The van der Waals surface area contributed by atoms with Gasteiger partial charge in [-0.3, -0.25) is 19.3 Å². The maximum atomic E-state index is 12.3. The van der Waals surface area contributed by atoms with E-state index in [1.165, 1.54) is 4.90 Å². The van der Waals surface area contributed by atoms with Crippen molar-refractivity contribution in [3.63, 3.8) is 0 Å². The third-order valence-electron chi connectivity index (χ3n) is 4.69. The SMILES string of the molecule is Cc1cccc(-c2n[nH]c(=S)n2CCC(=O)NCc2ccc(C(=O)N(C)C)cc2)c1. The van der Waals surface area contributed by atoms with E-state index in [1.54, 1.807) is 26.2 Å². The molecule has 7 nitrogen and oxygen atoms in total. The van der Waals surface area contributed by atoms with Crippen LogP contribution in [0.25, 0.3) is 11.4 Å². The Morgan fingerprint density at radius 2 is 1.90 bits per heavy atom. The molecule has 2 aromatic carbocycles. The Bertz CT molecular complexity index is 1100. The summed E-state index contributed by atoms with van der Waals surface area (Å²) in [5.41, 5.74) is 3.63. The van der Waals surface area contributed by atoms with E-state index < -0.39 is 0 Å². The number of H-pyrrole nitrogens is 1. The Morgan fingerprint density at radius 1 is 1.17 bits per heavy atom. The van der Waals surface area contributed by atoms with Gasteiger partial charge in [-0.25, -0.2) is 0 Å². The van der Waals surface area contributed by atoms with Crippen LogP contribution in [0, 0.1) is 11.7 Å². The number of aromatic amines is 1. The van der Waals surface area contributed by atoms with Gasteiger partial charge >= 0.3 is 0 Å². The lowest BCUT2D eigenvalue weighted by atomic mass is 10.1. The molecule has 2 amide bonds. The second-order valence-electron chi connectivity index (χ2n) is 7.30. The largest absolute Gasteiger partial charge is 0.352 e. The van der Waals surface area contributed by atoms with E-state index in [4.69, 9.17) is 12.2 Å². The highest BCUT2D eigenvalue weighted by Crippen LogP contribution is 2.18. The molecule has 0 spiro atoms. The third-order valence-corrected chi connectivity index (χ3v) is 5.01. The summed E-state index contributed by atoms with van der Waals surface area (Å²) in [4.78, 5) is 25.8. The average molecular weight is 424 g/mol. The number of hydrogen-bond donors (Lipinski definition) is 2. The van der Waals surface area contributed by atoms with Crippen molar-refractivity contribution >= 4 is 24.0 Å². The summed E-state index contributed by atoms with van der Waals surface area (Å²) in [7, 11) is 3.43. The fraction of sp³-hybridized carbons (Fsp3) is 0.273. The first-order chi connectivity index (χ1) is 14.3. The summed E-state index contributed by atoms with van der Waals surface area (Å²) < 4.78 is 2.33. The smallest absolute Gasteiger partial charge is 0.253 e. The van der Waals surface area contributed by atoms with Crippen LogP contribution in [0.2, 0.25) is 0 Å². The second-order valence-corrected chi connectivity index (χ2v) is 7.68. The molecule has 0 saturated heterocycles. The van der Waals surface area contributed by atoms with Crippen LogP contribution in [-0.2, 0) is 17.9 Å². The Kier molecular flexibility index (Phi) is 6.79. The lowest BCUT2D eigenvalue weighted by Gasteiger charge is -2.11. The zero-order valence-corrected chi connectivity index (χ0v) is 18.1. The first kappa shape index (κ1) is 21.4. The third kappa shape index (κ3) is 5.21. The Labute approximate surface area is 180 Å². The maximum absolute atomic E-state index is 12.3. The second kappa shape index (κ2) is 9.49. The van der Waals surface area contributed by atoms with Gasteiger partial charge in [0.1, 0.15) is 0 Å². The monoisotopic (exact) mass is 423 g/mol. The minimum Gasteiger partial charge on any atom is -0.352 e. The topological polar surface area (TPSA) is 83.0 Å². The van der Waals surface area contributed by atoms with E-state index in [-0.39, 0.29) is 18.2 Å². The van der Waals surface area contributed by atoms with E-state index in [2.05, 4.69) is 15.5 Å². The van der Waals surface area contributed by atoms with E-state index in [0.717, 1.165) is 22.5 Å². The molecule has 0 bridgehead atoms. The first-order valence-corrected chi connectivity index (χ1v) is 10.1. The van der Waals surface area contributed by atoms with Gasteiger partial charge in [-0.2, -0.15) is 5.10 Å². The van der Waals surface area contributed by atoms with Crippen LogP contribution in [0.3, 0.4) is 0 Å². The lowest BCUT2D eigenvalue weighted by Crippen LogP contribution is -2.24. The summed E-state index contributed by atoms with van der Waals surface area (Å²) in [6.45, 7) is 2.85. The number of benzene rings is 2. The van der Waals surface area contributed by atoms with Crippen molar-refractivity contribution < 1.29 is 9.59 Å². The molecular formula is C22H25N5O2S. The minimum atomic E-state index is -0.0817. The summed E-state index contributed by atoms with van der Waals surface area (Å²) >= 11 is 5.33. The quantitative estimate of drug-likeness (QED) is 0.571. The van der Waals surface area contributed by atoms with Crippen molar-refractivity contribution in [3.05, 3.63) is 70.0 Å². The molecule has 0 aliphatic heterocycles. The first-order valence-electron chi connectivity index (χ1n) is 9.64. The number of amides is 2. The van der Waals surface area contributed by atoms with Gasteiger partial charge in [-0.15, -0.1) is 0 Å². The fourth-order valence-corrected chi connectivity index (χ4v) is 3.28. The van der Waals surface area contributed by atoms with Crippen LogP contribution >= 0.6 is 12.2 Å². The molecule has 8 heteroatoms. The van der Waals surface area contributed by atoms with Crippen LogP contribution in [0.4, 0.5) is 0 Å². The normalized spacial score (nSPS) is 10.6. The van der Waals surface area contributed by atoms with Gasteiger partial charge in [0.15, 0.2) is 10.6 Å². The van der Waals surface area contributed by atoms with Gasteiger partial charge in [-0.05, 0) is 42.9 Å². The van der Waals surface area contributed by atoms with Crippen molar-refractivity contribution in [1.29, 1.82) is 0 Å². The van der Waals surface area contributed by atoms with Gasteiger partial charge in [0, 0.05) is 44.7 Å². The summed E-state index contributed by atoms with van der Waals surface area (Å²) in [5.74, 6) is 0.589. The van der Waals surface area contributed by atoms with Crippen LogP contribution in [-0.4, -0.2) is 45.6 Å². The van der Waals surface area contributed by atoms with Gasteiger partial charge in [-0.1, -0.05) is 35.9 Å². The molecule has 3 rings (SSSR count). The predicted molar refractivity (Wildman–Crippen MR) is 119 cm³/mol. The highest BCUT2D eigenvalue weighted by atomic mass is 32.1. The number of rotatable bonds is 7. The average Bonchev–Trinajstić information content (AvgIpc) is 3.11. The number of nitrogens with one attached hydrogen (secondary N) is 2. The molecule has 1 aromatic heterocycles. The van der Waals surface area contributed by atoms with Crippen LogP contribution in [0.5, 0.6) is 0 Å². The molecule has 0 radical (unpaired) electrons. The summed E-state index contributed by atoms with van der Waals surface area (Å²) in [6.07, 6.45) is 0.282. The molecule has 0 fully saturated rings. The Morgan fingerprint density at radius 3 is 2.57 bits per heavy atom. The van der Waals surface area contributed by atoms with Crippen LogP contribution in [0.1, 0.15) is 27.9 Å². The van der Waals surface area contributed by atoms with Gasteiger partial charge in [0.05, 0.1) is 0 Å². The number of hydrogen-bond acceptors (Lipinski definition) is 4.